The summed E-state index contributed by atoms with van der Waals surface area (Å²) in [6.07, 6.45) is 2.69. The highest BCUT2D eigenvalue weighted by Gasteiger charge is 2.03. The highest BCUT2D eigenvalue weighted by atomic mass is 127. The second-order valence-electron chi connectivity index (χ2n) is 4.60. The molecule has 0 bridgehead atoms. The normalized spacial score (nSPS) is 10.6. The first-order valence-electron chi connectivity index (χ1n) is 6.60. The summed E-state index contributed by atoms with van der Waals surface area (Å²) in [5.74, 6) is 0.115. The molecule has 2 nitrogen and oxygen atoms in total. The van der Waals surface area contributed by atoms with Gasteiger partial charge < -0.3 is 5.32 Å². The van der Waals surface area contributed by atoms with Crippen molar-refractivity contribution in [2.45, 2.75) is 19.3 Å². The summed E-state index contributed by atoms with van der Waals surface area (Å²) in [5, 5.41) is 5.38. The lowest BCUT2D eigenvalue weighted by atomic mass is 10.0. The van der Waals surface area contributed by atoms with Crippen molar-refractivity contribution in [3.8, 4) is 0 Å². The quantitative estimate of drug-likeness (QED) is 0.471. The van der Waals surface area contributed by atoms with E-state index in [2.05, 4.69) is 52.2 Å². The summed E-state index contributed by atoms with van der Waals surface area (Å²) in [6.45, 7) is 0.787. The van der Waals surface area contributed by atoms with E-state index in [4.69, 9.17) is 0 Å². The zero-order valence-electron chi connectivity index (χ0n) is 10.9. The van der Waals surface area contributed by atoms with Crippen LogP contribution in [0.25, 0.3) is 10.8 Å². The minimum Gasteiger partial charge on any atom is -0.356 e. The van der Waals surface area contributed by atoms with Crippen molar-refractivity contribution < 1.29 is 4.79 Å². The molecule has 0 aliphatic carbocycles. The number of hydrogen-bond acceptors (Lipinski definition) is 1. The molecule has 100 valence electrons. The molecule has 0 unspecified atom stereocenters. The lowest BCUT2D eigenvalue weighted by molar-refractivity contribution is -0.120. The molecule has 0 saturated carbocycles. The van der Waals surface area contributed by atoms with E-state index in [1.54, 1.807) is 0 Å². The van der Waals surface area contributed by atoms with Crippen LogP contribution < -0.4 is 5.32 Å². The number of halogens is 1. The van der Waals surface area contributed by atoms with Crippen LogP contribution in [0.2, 0.25) is 0 Å². The fourth-order valence-electron chi connectivity index (χ4n) is 2.04. The van der Waals surface area contributed by atoms with Gasteiger partial charge in [0, 0.05) is 6.54 Å². The van der Waals surface area contributed by atoms with E-state index in [-0.39, 0.29) is 5.91 Å². The number of carbonyl (C=O) groups excluding carboxylic acids is 1. The van der Waals surface area contributed by atoms with Crippen LogP contribution >= 0.6 is 22.6 Å². The fraction of sp³-hybridized carbons (Fsp3) is 0.312. The van der Waals surface area contributed by atoms with E-state index in [1.807, 2.05) is 18.2 Å². The Morgan fingerprint density at radius 3 is 2.63 bits per heavy atom. The van der Waals surface area contributed by atoms with Crippen LogP contribution in [0.15, 0.2) is 42.5 Å². The van der Waals surface area contributed by atoms with E-state index in [0.29, 0.717) is 6.42 Å². The monoisotopic (exact) mass is 367 g/mol. The Balaban J connectivity index is 1.91. The van der Waals surface area contributed by atoms with Crippen molar-refractivity contribution in [2.75, 3.05) is 11.0 Å². The summed E-state index contributed by atoms with van der Waals surface area (Å²) < 4.78 is 1.15. The maximum absolute atomic E-state index is 11.8. The molecule has 0 spiro atoms. The summed E-state index contributed by atoms with van der Waals surface area (Å²) >= 11 is 2.36. The van der Waals surface area contributed by atoms with Crippen LogP contribution in [0.5, 0.6) is 0 Å². The van der Waals surface area contributed by atoms with E-state index in [9.17, 15) is 4.79 Å². The molecular formula is C16H18INO. The third-order valence-corrected chi connectivity index (χ3v) is 3.82. The third-order valence-electron chi connectivity index (χ3n) is 3.06. The van der Waals surface area contributed by atoms with Gasteiger partial charge in [-0.3, -0.25) is 4.79 Å². The predicted octanol–water partition coefficient (Wildman–Crippen LogP) is 3.71. The van der Waals surface area contributed by atoms with Gasteiger partial charge in [-0.1, -0.05) is 65.1 Å². The topological polar surface area (TPSA) is 29.1 Å². The summed E-state index contributed by atoms with van der Waals surface area (Å²) in [6, 6.07) is 14.4. The number of fused-ring (bicyclic) bond motifs is 1. The van der Waals surface area contributed by atoms with Gasteiger partial charge in [0.15, 0.2) is 0 Å². The van der Waals surface area contributed by atoms with Crippen LogP contribution in [0, 0.1) is 0 Å². The maximum Gasteiger partial charge on any atom is 0.224 e. The molecule has 0 heterocycles. The van der Waals surface area contributed by atoms with Gasteiger partial charge in [0.05, 0.1) is 6.42 Å². The highest BCUT2D eigenvalue weighted by molar-refractivity contribution is 14.1. The molecule has 19 heavy (non-hydrogen) atoms. The molecule has 0 aromatic heterocycles. The van der Waals surface area contributed by atoms with Crippen LogP contribution in [0.3, 0.4) is 0 Å². The molecule has 3 heteroatoms. The SMILES string of the molecule is O=C(Cc1ccc2ccccc2c1)NCCCCI. The van der Waals surface area contributed by atoms with Crippen LogP contribution in [0.1, 0.15) is 18.4 Å². The average Bonchev–Trinajstić information content (AvgIpc) is 2.43. The number of nitrogens with one attached hydrogen (secondary N) is 1. The second kappa shape index (κ2) is 7.48. The minimum absolute atomic E-state index is 0.115. The van der Waals surface area contributed by atoms with E-state index >= 15 is 0 Å². The highest BCUT2D eigenvalue weighted by Crippen LogP contribution is 2.15. The van der Waals surface area contributed by atoms with Crippen LogP contribution in [0.4, 0.5) is 0 Å². The second-order valence-corrected chi connectivity index (χ2v) is 5.68. The van der Waals surface area contributed by atoms with Gasteiger partial charge in [-0.25, -0.2) is 0 Å². The number of benzene rings is 2. The van der Waals surface area contributed by atoms with E-state index < -0.39 is 0 Å². The molecule has 2 aromatic carbocycles. The number of carbonyl (C=O) groups is 1. The minimum atomic E-state index is 0.115. The average molecular weight is 367 g/mol. The van der Waals surface area contributed by atoms with Gasteiger partial charge in [-0.2, -0.15) is 0 Å². The zero-order chi connectivity index (χ0) is 13.5. The first-order chi connectivity index (χ1) is 9.29. The Bertz CT molecular complexity index is 553. The van der Waals surface area contributed by atoms with Gasteiger partial charge in [0.2, 0.25) is 5.91 Å². The first kappa shape index (κ1) is 14.3. The fourth-order valence-corrected chi connectivity index (χ4v) is 2.58. The molecule has 0 fully saturated rings. The van der Waals surface area contributed by atoms with Gasteiger partial charge >= 0.3 is 0 Å². The lowest BCUT2D eigenvalue weighted by Gasteiger charge is -2.06. The molecule has 0 atom stereocenters. The van der Waals surface area contributed by atoms with Crippen LogP contribution in [-0.2, 0) is 11.2 Å². The molecule has 0 aliphatic rings. The molecule has 1 N–H and O–H groups in total. The maximum atomic E-state index is 11.8. The Kier molecular flexibility index (Phi) is 5.63. The molecule has 1 amide bonds. The molecule has 0 aliphatic heterocycles. The van der Waals surface area contributed by atoms with Crippen molar-refractivity contribution in [1.82, 2.24) is 5.32 Å². The number of unbranched alkanes of at least 4 members (excludes halogenated alkanes) is 1. The molecular weight excluding hydrogens is 349 g/mol. The molecule has 0 radical (unpaired) electrons. The van der Waals surface area contributed by atoms with Crippen molar-refractivity contribution >= 4 is 39.3 Å². The van der Waals surface area contributed by atoms with Crippen molar-refractivity contribution in [2.24, 2.45) is 0 Å². The van der Waals surface area contributed by atoms with Crippen molar-refractivity contribution in [3.63, 3.8) is 0 Å². The number of hydrogen-bond donors (Lipinski definition) is 1. The summed E-state index contributed by atoms with van der Waals surface area (Å²) in [7, 11) is 0. The number of rotatable bonds is 6. The lowest BCUT2D eigenvalue weighted by Crippen LogP contribution is -2.26. The Labute approximate surface area is 127 Å². The first-order valence-corrected chi connectivity index (χ1v) is 8.12. The summed E-state index contributed by atoms with van der Waals surface area (Å²) in [4.78, 5) is 11.8. The van der Waals surface area contributed by atoms with Gasteiger partial charge in [0.1, 0.15) is 0 Å². The smallest absolute Gasteiger partial charge is 0.224 e. The van der Waals surface area contributed by atoms with Gasteiger partial charge in [-0.15, -0.1) is 0 Å². The standard InChI is InChI=1S/C16H18INO/c17-9-3-4-10-18-16(19)12-13-7-8-14-5-1-2-6-15(14)11-13/h1-2,5-8,11H,3-4,9-10,12H2,(H,18,19). The molecule has 2 rings (SSSR count). The van der Waals surface area contributed by atoms with E-state index in [1.165, 1.54) is 10.8 Å². The number of amides is 1. The predicted molar refractivity (Wildman–Crippen MR) is 88.8 cm³/mol. The Morgan fingerprint density at radius 2 is 1.84 bits per heavy atom. The van der Waals surface area contributed by atoms with Crippen molar-refractivity contribution in [1.29, 1.82) is 0 Å². The Hall–Kier alpha value is -1.10. The molecule has 2 aromatic rings. The summed E-state index contributed by atoms with van der Waals surface area (Å²) in [5.41, 5.74) is 1.07. The largest absolute Gasteiger partial charge is 0.356 e. The zero-order valence-corrected chi connectivity index (χ0v) is 13.0. The molecule has 0 saturated heterocycles. The van der Waals surface area contributed by atoms with Gasteiger partial charge in [-0.05, 0) is 33.6 Å². The third kappa shape index (κ3) is 4.49. The van der Waals surface area contributed by atoms with Crippen molar-refractivity contribution in [3.05, 3.63) is 48.0 Å². The van der Waals surface area contributed by atoms with E-state index in [0.717, 1.165) is 29.4 Å². The number of alkyl halides is 1. The Morgan fingerprint density at radius 1 is 1.05 bits per heavy atom. The van der Waals surface area contributed by atoms with Crippen LogP contribution in [-0.4, -0.2) is 16.9 Å². The van der Waals surface area contributed by atoms with Gasteiger partial charge in [0.25, 0.3) is 0 Å².